The van der Waals surface area contributed by atoms with Gasteiger partial charge in [0, 0.05) is 23.8 Å². The molecule has 12 heteroatoms. The predicted molar refractivity (Wildman–Crippen MR) is 148 cm³/mol. The van der Waals surface area contributed by atoms with Crippen molar-refractivity contribution in [3.8, 4) is 23.0 Å². The van der Waals surface area contributed by atoms with Gasteiger partial charge in [-0.3, -0.25) is 4.79 Å². The second-order valence-electron chi connectivity index (χ2n) is 10.4. The van der Waals surface area contributed by atoms with Crippen molar-refractivity contribution in [1.29, 1.82) is 0 Å². The Kier molecular flexibility index (Phi) is 7.16. The maximum Gasteiger partial charge on any atom is 0.277 e. The van der Waals surface area contributed by atoms with Gasteiger partial charge in [-0.15, -0.1) is 10.2 Å². The molecule has 41 heavy (non-hydrogen) atoms. The molecule has 3 aromatic carbocycles. The molecule has 1 amide bonds. The van der Waals surface area contributed by atoms with Crippen LogP contribution in [0.3, 0.4) is 0 Å². The molecule has 4 aromatic rings. The van der Waals surface area contributed by atoms with Gasteiger partial charge in [0.25, 0.3) is 5.92 Å². The van der Waals surface area contributed by atoms with Gasteiger partial charge in [-0.05, 0) is 55.8 Å². The molecule has 0 aliphatic carbocycles. The highest BCUT2D eigenvalue weighted by atomic mass is 32.2. The van der Waals surface area contributed by atoms with Crippen LogP contribution in [0.5, 0.6) is 11.5 Å². The molecule has 0 radical (unpaired) electrons. The van der Waals surface area contributed by atoms with E-state index in [1.165, 1.54) is 36.9 Å². The molecule has 0 bridgehead atoms. The highest BCUT2D eigenvalue weighted by Crippen LogP contribution is 2.44. The van der Waals surface area contributed by atoms with Crippen LogP contribution in [0.2, 0.25) is 0 Å². The molecule has 2 N–H and O–H groups in total. The molecule has 0 saturated heterocycles. The molecule has 214 valence electrons. The molecule has 0 saturated carbocycles. The van der Waals surface area contributed by atoms with E-state index in [0.29, 0.717) is 17.1 Å². The first-order valence-corrected chi connectivity index (χ1v) is 14.6. The third kappa shape index (κ3) is 5.57. The Labute approximate surface area is 235 Å². The van der Waals surface area contributed by atoms with E-state index in [1.54, 1.807) is 24.3 Å². The van der Waals surface area contributed by atoms with Crippen molar-refractivity contribution in [3.63, 3.8) is 0 Å². The average Bonchev–Trinajstić information content (AvgIpc) is 3.41. The molecule has 9 nitrogen and oxygen atoms in total. The van der Waals surface area contributed by atoms with Crippen molar-refractivity contribution in [2.24, 2.45) is 5.73 Å². The minimum Gasteiger partial charge on any atom is -0.457 e. The molecule has 1 aromatic heterocycles. The zero-order valence-corrected chi connectivity index (χ0v) is 23.4. The van der Waals surface area contributed by atoms with Crippen molar-refractivity contribution in [1.82, 2.24) is 10.2 Å². The maximum absolute atomic E-state index is 15.3. The molecule has 1 aliphatic heterocycles. The first-order valence-electron chi connectivity index (χ1n) is 12.7. The van der Waals surface area contributed by atoms with Gasteiger partial charge in [-0.2, -0.15) is 0 Å². The number of carbonyl (C=O) groups excluding carboxylic acids is 1. The van der Waals surface area contributed by atoms with E-state index in [9.17, 15) is 13.2 Å². The van der Waals surface area contributed by atoms with Crippen molar-refractivity contribution >= 4 is 21.4 Å². The smallest absolute Gasteiger partial charge is 0.277 e. The number of carbonyl (C=O) groups is 1. The number of fused-ring (bicyclic) bond motifs is 1. The Hall–Kier alpha value is -4.16. The topological polar surface area (TPSA) is 129 Å². The van der Waals surface area contributed by atoms with Crippen LogP contribution in [0.15, 0.2) is 77.2 Å². The number of aromatic nitrogens is 2. The van der Waals surface area contributed by atoms with Gasteiger partial charge in [0.05, 0.1) is 18.3 Å². The summed E-state index contributed by atoms with van der Waals surface area (Å²) in [6.45, 7) is 2.81. The number of benzene rings is 3. The van der Waals surface area contributed by atoms with Crippen molar-refractivity contribution < 1.29 is 31.1 Å². The minimum absolute atomic E-state index is 0.0408. The van der Waals surface area contributed by atoms with Gasteiger partial charge in [0.2, 0.25) is 17.7 Å². The standard InChI is InChI=1S/C29H28F2N4O5S/c1-28(2,41(3,37)38)27-34-33-25(40-27)19-11-14-22-24(15-19)35(26(36)23(32)16-29(22,30)31)17-18-9-12-21(13-10-18)39-20-7-5-4-6-8-20/h4-15,23H,16-17,32H2,1-3H3. The molecule has 0 spiro atoms. The van der Waals surface area contributed by atoms with E-state index >= 15 is 8.78 Å². The molecular weight excluding hydrogens is 554 g/mol. The minimum atomic E-state index is -3.61. The number of halogens is 2. The van der Waals surface area contributed by atoms with Gasteiger partial charge in [0.15, 0.2) is 9.84 Å². The molecule has 0 fully saturated rings. The Morgan fingerprint density at radius 3 is 2.37 bits per heavy atom. The third-order valence-electron chi connectivity index (χ3n) is 7.10. The molecule has 2 heterocycles. The number of amides is 1. The average molecular weight is 583 g/mol. The second-order valence-corrected chi connectivity index (χ2v) is 13.0. The quantitative estimate of drug-likeness (QED) is 0.316. The number of anilines is 1. The van der Waals surface area contributed by atoms with E-state index in [1.807, 2.05) is 30.3 Å². The van der Waals surface area contributed by atoms with Crippen LogP contribution < -0.4 is 15.4 Å². The summed E-state index contributed by atoms with van der Waals surface area (Å²) in [6.07, 6.45) is 0.195. The summed E-state index contributed by atoms with van der Waals surface area (Å²) >= 11 is 0. The van der Waals surface area contributed by atoms with Gasteiger partial charge in [0.1, 0.15) is 16.2 Å². The Balaban J connectivity index is 1.50. The number of para-hydroxylation sites is 1. The molecule has 1 unspecified atom stereocenters. The Morgan fingerprint density at radius 2 is 1.71 bits per heavy atom. The second kappa shape index (κ2) is 10.3. The zero-order valence-electron chi connectivity index (χ0n) is 22.5. The van der Waals surface area contributed by atoms with E-state index in [2.05, 4.69) is 10.2 Å². The number of sulfone groups is 1. The fourth-order valence-corrected chi connectivity index (χ4v) is 4.76. The summed E-state index contributed by atoms with van der Waals surface area (Å²) in [6, 6.07) is 18.6. The van der Waals surface area contributed by atoms with Gasteiger partial charge >= 0.3 is 0 Å². The number of rotatable bonds is 7. The van der Waals surface area contributed by atoms with Crippen LogP contribution in [0.25, 0.3) is 11.5 Å². The Morgan fingerprint density at radius 1 is 1.05 bits per heavy atom. The summed E-state index contributed by atoms with van der Waals surface area (Å²) in [4.78, 5) is 14.5. The number of hydrogen-bond donors (Lipinski definition) is 1. The van der Waals surface area contributed by atoms with E-state index in [-0.39, 0.29) is 35.1 Å². The van der Waals surface area contributed by atoms with Crippen LogP contribution in [0, 0.1) is 0 Å². The maximum atomic E-state index is 15.3. The van der Waals surface area contributed by atoms with Crippen LogP contribution in [0.1, 0.15) is 37.3 Å². The summed E-state index contributed by atoms with van der Waals surface area (Å²) in [7, 11) is -3.61. The van der Waals surface area contributed by atoms with Crippen molar-refractivity contribution in [2.75, 3.05) is 11.2 Å². The van der Waals surface area contributed by atoms with Crippen LogP contribution in [-0.4, -0.2) is 36.8 Å². The largest absolute Gasteiger partial charge is 0.457 e. The van der Waals surface area contributed by atoms with Crippen molar-refractivity contribution in [2.45, 2.75) is 43.5 Å². The number of nitrogens with zero attached hydrogens (tertiary/aromatic N) is 3. The van der Waals surface area contributed by atoms with Gasteiger partial charge in [-0.1, -0.05) is 36.4 Å². The van der Waals surface area contributed by atoms with Crippen LogP contribution in [0.4, 0.5) is 14.5 Å². The summed E-state index contributed by atoms with van der Waals surface area (Å²) in [5.41, 5.74) is 6.40. The summed E-state index contributed by atoms with van der Waals surface area (Å²) < 4.78 is 65.0. The normalized spacial score (nSPS) is 17.2. The summed E-state index contributed by atoms with van der Waals surface area (Å²) in [5, 5.41) is 7.84. The number of hydrogen-bond acceptors (Lipinski definition) is 8. The number of nitrogens with two attached hydrogens (primary N) is 1. The van der Waals surface area contributed by atoms with Crippen LogP contribution >= 0.6 is 0 Å². The van der Waals surface area contributed by atoms with E-state index < -0.39 is 38.9 Å². The zero-order chi connectivity index (χ0) is 29.6. The monoisotopic (exact) mass is 582 g/mol. The van der Waals surface area contributed by atoms with Crippen molar-refractivity contribution in [3.05, 3.63) is 89.8 Å². The number of alkyl halides is 2. The van der Waals surface area contributed by atoms with E-state index in [0.717, 1.165) is 6.26 Å². The lowest BCUT2D eigenvalue weighted by Crippen LogP contribution is -2.43. The summed E-state index contributed by atoms with van der Waals surface area (Å²) in [5.74, 6) is -3.06. The highest BCUT2D eigenvalue weighted by Gasteiger charge is 2.44. The predicted octanol–water partition coefficient (Wildman–Crippen LogP) is 5.16. The molecular formula is C29H28F2N4O5S. The lowest BCUT2D eigenvalue weighted by Gasteiger charge is -2.25. The van der Waals surface area contributed by atoms with Gasteiger partial charge in [-0.25, -0.2) is 17.2 Å². The number of ether oxygens (including phenoxy) is 1. The first kappa shape index (κ1) is 28.4. The Bertz CT molecular complexity index is 1690. The van der Waals surface area contributed by atoms with E-state index in [4.69, 9.17) is 14.9 Å². The van der Waals surface area contributed by atoms with Crippen LogP contribution in [-0.2, 0) is 31.8 Å². The van der Waals surface area contributed by atoms with Gasteiger partial charge < -0.3 is 19.8 Å². The molecule has 5 rings (SSSR count). The lowest BCUT2D eigenvalue weighted by molar-refractivity contribution is -0.122. The third-order valence-corrected chi connectivity index (χ3v) is 9.13. The fourth-order valence-electron chi connectivity index (χ4n) is 4.36. The fraction of sp³-hybridized carbons (Fsp3) is 0.276. The first-order chi connectivity index (χ1) is 19.3. The molecule has 1 atom stereocenters. The highest BCUT2D eigenvalue weighted by molar-refractivity contribution is 7.91. The molecule has 1 aliphatic rings. The SMILES string of the molecule is CC(C)(c1nnc(-c2ccc3c(c2)N(Cc2ccc(Oc4ccccc4)cc2)C(=O)C(N)CC3(F)F)o1)S(C)(=O)=O. The lowest BCUT2D eigenvalue weighted by atomic mass is 10.00.